The smallest absolute Gasteiger partial charge is 0.276 e. The summed E-state index contributed by atoms with van der Waals surface area (Å²) in [6, 6.07) is 3.62. The first-order valence-corrected chi connectivity index (χ1v) is 8.59. The minimum atomic E-state index is -0.131. The highest BCUT2D eigenvalue weighted by Gasteiger charge is 2.24. The van der Waals surface area contributed by atoms with Crippen LogP contribution in [0, 0.1) is 6.92 Å². The highest BCUT2D eigenvalue weighted by Crippen LogP contribution is 2.12. The molecule has 2 aromatic rings. The number of hydrogen-bond donors (Lipinski definition) is 0. The summed E-state index contributed by atoms with van der Waals surface area (Å²) < 4.78 is 4.96. The van der Waals surface area contributed by atoms with E-state index in [1.165, 1.54) is 0 Å². The van der Waals surface area contributed by atoms with E-state index < -0.39 is 0 Å². The first-order valence-electron chi connectivity index (χ1n) is 7.65. The van der Waals surface area contributed by atoms with Crippen LogP contribution in [0.2, 0.25) is 0 Å². The maximum absolute atomic E-state index is 12.4. The molecule has 0 aromatic carbocycles. The zero-order valence-electron chi connectivity index (χ0n) is 13.0. The standard InChI is InChI=1S/C16H19N3O3S/c1-12-9-14(17-22-12)16(21)19-5-2-4-18(6-7-19)15(20)10-13-3-8-23-11-13/h3,8-9,11H,2,4-7,10H2,1H3. The molecule has 0 unspecified atom stereocenters. The van der Waals surface area contributed by atoms with Gasteiger partial charge in [-0.25, -0.2) is 0 Å². The van der Waals surface area contributed by atoms with Crippen LogP contribution >= 0.6 is 11.3 Å². The predicted octanol–water partition coefficient (Wildman–Crippen LogP) is 1.96. The van der Waals surface area contributed by atoms with E-state index in [4.69, 9.17) is 4.52 Å². The normalized spacial score (nSPS) is 15.5. The maximum Gasteiger partial charge on any atom is 0.276 e. The van der Waals surface area contributed by atoms with Gasteiger partial charge >= 0.3 is 0 Å². The predicted molar refractivity (Wildman–Crippen MR) is 86.4 cm³/mol. The van der Waals surface area contributed by atoms with Crippen molar-refractivity contribution >= 4 is 23.2 Å². The number of carbonyl (C=O) groups is 2. The van der Waals surface area contributed by atoms with Gasteiger partial charge in [0.15, 0.2) is 5.69 Å². The third kappa shape index (κ3) is 3.79. The Balaban J connectivity index is 1.58. The second-order valence-electron chi connectivity index (χ2n) is 5.66. The van der Waals surface area contributed by atoms with Crippen LogP contribution in [-0.4, -0.2) is 52.9 Å². The highest BCUT2D eigenvalue weighted by atomic mass is 32.1. The molecule has 1 fully saturated rings. The van der Waals surface area contributed by atoms with Crippen molar-refractivity contribution in [3.05, 3.63) is 39.9 Å². The number of amides is 2. The molecule has 1 aliphatic heterocycles. The van der Waals surface area contributed by atoms with Gasteiger partial charge < -0.3 is 14.3 Å². The van der Waals surface area contributed by atoms with Crippen LogP contribution in [0.4, 0.5) is 0 Å². The third-order valence-corrected chi connectivity index (χ3v) is 4.65. The third-order valence-electron chi connectivity index (χ3n) is 3.92. The Labute approximate surface area is 138 Å². The molecule has 0 aliphatic carbocycles. The van der Waals surface area contributed by atoms with Crippen molar-refractivity contribution < 1.29 is 14.1 Å². The lowest BCUT2D eigenvalue weighted by atomic mass is 10.2. The first-order chi connectivity index (χ1) is 11.1. The number of rotatable bonds is 3. The molecule has 0 saturated carbocycles. The van der Waals surface area contributed by atoms with E-state index in [2.05, 4.69) is 5.16 Å². The Bertz CT molecular complexity index is 681. The summed E-state index contributed by atoms with van der Waals surface area (Å²) >= 11 is 1.60. The SMILES string of the molecule is Cc1cc(C(=O)N2CCCN(C(=O)Cc3ccsc3)CC2)no1. The maximum atomic E-state index is 12.4. The molecule has 0 spiro atoms. The second-order valence-corrected chi connectivity index (χ2v) is 6.44. The zero-order chi connectivity index (χ0) is 16.2. The summed E-state index contributed by atoms with van der Waals surface area (Å²) in [4.78, 5) is 28.4. The van der Waals surface area contributed by atoms with E-state index in [-0.39, 0.29) is 11.8 Å². The van der Waals surface area contributed by atoms with Crippen LogP contribution < -0.4 is 0 Å². The van der Waals surface area contributed by atoms with Crippen LogP contribution in [-0.2, 0) is 11.2 Å². The Hall–Kier alpha value is -2.15. The van der Waals surface area contributed by atoms with Crippen LogP contribution in [0.3, 0.4) is 0 Å². The molecule has 0 atom stereocenters. The molecule has 2 aromatic heterocycles. The molecule has 0 bridgehead atoms. The van der Waals surface area contributed by atoms with Gasteiger partial charge in [-0.15, -0.1) is 0 Å². The fraction of sp³-hybridized carbons (Fsp3) is 0.438. The summed E-state index contributed by atoms with van der Waals surface area (Å²) in [5.41, 5.74) is 1.39. The quantitative estimate of drug-likeness (QED) is 0.861. The molecule has 122 valence electrons. The van der Waals surface area contributed by atoms with Crippen molar-refractivity contribution in [1.29, 1.82) is 0 Å². The molecule has 3 heterocycles. The molecular formula is C16H19N3O3S. The molecule has 0 N–H and O–H groups in total. The monoisotopic (exact) mass is 333 g/mol. The number of aromatic nitrogens is 1. The van der Waals surface area contributed by atoms with Gasteiger partial charge in [0.2, 0.25) is 5.91 Å². The molecule has 0 radical (unpaired) electrons. The molecule has 6 nitrogen and oxygen atoms in total. The van der Waals surface area contributed by atoms with E-state index in [9.17, 15) is 9.59 Å². The van der Waals surface area contributed by atoms with Gasteiger partial charge in [-0.05, 0) is 35.7 Å². The van der Waals surface area contributed by atoms with E-state index in [0.29, 0.717) is 44.1 Å². The minimum absolute atomic E-state index is 0.120. The summed E-state index contributed by atoms with van der Waals surface area (Å²) in [5.74, 6) is 0.611. The van der Waals surface area contributed by atoms with E-state index >= 15 is 0 Å². The highest BCUT2D eigenvalue weighted by molar-refractivity contribution is 7.08. The molecule has 7 heteroatoms. The van der Waals surface area contributed by atoms with Gasteiger partial charge in [-0.3, -0.25) is 9.59 Å². The average Bonchev–Trinajstić information content (AvgIpc) is 3.12. The second kappa shape index (κ2) is 6.95. The Morgan fingerprint density at radius 1 is 1.26 bits per heavy atom. The van der Waals surface area contributed by atoms with E-state index in [1.54, 1.807) is 29.2 Å². The Morgan fingerprint density at radius 2 is 2.04 bits per heavy atom. The van der Waals surface area contributed by atoms with Crippen molar-refractivity contribution in [3.63, 3.8) is 0 Å². The van der Waals surface area contributed by atoms with Gasteiger partial charge in [0, 0.05) is 32.2 Å². The average molecular weight is 333 g/mol. The zero-order valence-corrected chi connectivity index (χ0v) is 13.8. The Kier molecular flexibility index (Phi) is 4.76. The van der Waals surface area contributed by atoms with Crippen LogP contribution in [0.15, 0.2) is 27.4 Å². The van der Waals surface area contributed by atoms with Gasteiger partial charge in [-0.1, -0.05) is 5.16 Å². The van der Waals surface area contributed by atoms with E-state index in [1.807, 2.05) is 21.7 Å². The fourth-order valence-corrected chi connectivity index (χ4v) is 3.35. The molecule has 2 amide bonds. The summed E-state index contributed by atoms with van der Waals surface area (Å²) in [5, 5.41) is 7.76. The van der Waals surface area contributed by atoms with Crippen molar-refractivity contribution in [3.8, 4) is 0 Å². The van der Waals surface area contributed by atoms with Crippen molar-refractivity contribution in [2.24, 2.45) is 0 Å². The first kappa shape index (κ1) is 15.7. The lowest BCUT2D eigenvalue weighted by Crippen LogP contribution is -2.38. The lowest BCUT2D eigenvalue weighted by Gasteiger charge is -2.21. The number of carbonyl (C=O) groups excluding carboxylic acids is 2. The van der Waals surface area contributed by atoms with Crippen LogP contribution in [0.5, 0.6) is 0 Å². The topological polar surface area (TPSA) is 66.7 Å². The number of hydrogen-bond acceptors (Lipinski definition) is 5. The summed E-state index contributed by atoms with van der Waals surface area (Å²) in [7, 11) is 0. The number of thiophene rings is 1. The Morgan fingerprint density at radius 3 is 2.74 bits per heavy atom. The number of nitrogens with zero attached hydrogens (tertiary/aromatic N) is 3. The van der Waals surface area contributed by atoms with Gasteiger partial charge in [-0.2, -0.15) is 11.3 Å². The van der Waals surface area contributed by atoms with Crippen molar-refractivity contribution in [2.75, 3.05) is 26.2 Å². The summed E-state index contributed by atoms with van der Waals surface area (Å²) in [6.07, 6.45) is 1.21. The largest absolute Gasteiger partial charge is 0.361 e. The van der Waals surface area contributed by atoms with Crippen molar-refractivity contribution in [2.45, 2.75) is 19.8 Å². The molecule has 1 saturated heterocycles. The molecular weight excluding hydrogens is 314 g/mol. The molecule has 3 rings (SSSR count). The van der Waals surface area contributed by atoms with Crippen LogP contribution in [0.1, 0.15) is 28.2 Å². The lowest BCUT2D eigenvalue weighted by molar-refractivity contribution is -0.130. The van der Waals surface area contributed by atoms with Gasteiger partial charge in [0.25, 0.3) is 5.91 Å². The van der Waals surface area contributed by atoms with Gasteiger partial charge in [0.1, 0.15) is 5.76 Å². The fourth-order valence-electron chi connectivity index (χ4n) is 2.68. The number of aryl methyl sites for hydroxylation is 1. The van der Waals surface area contributed by atoms with E-state index in [0.717, 1.165) is 12.0 Å². The van der Waals surface area contributed by atoms with Gasteiger partial charge in [0.05, 0.1) is 6.42 Å². The molecule has 23 heavy (non-hydrogen) atoms. The van der Waals surface area contributed by atoms with Crippen LogP contribution in [0.25, 0.3) is 0 Å². The molecule has 1 aliphatic rings. The minimum Gasteiger partial charge on any atom is -0.361 e. The van der Waals surface area contributed by atoms with Crippen molar-refractivity contribution in [1.82, 2.24) is 15.0 Å². The summed E-state index contributed by atoms with van der Waals surface area (Å²) in [6.45, 7) is 4.17.